The van der Waals surface area contributed by atoms with Gasteiger partial charge >= 0.3 is 11.7 Å². The van der Waals surface area contributed by atoms with E-state index in [1.165, 1.54) is 11.7 Å². The first kappa shape index (κ1) is 17.1. The molecule has 138 valence electrons. The zero-order valence-electron chi connectivity index (χ0n) is 15.5. The number of fused-ring (bicyclic) bond motifs is 5. The fourth-order valence-corrected chi connectivity index (χ4v) is 3.31. The summed E-state index contributed by atoms with van der Waals surface area (Å²) in [7, 11) is 1.50. The molecule has 2 heterocycles. The molecule has 6 nitrogen and oxygen atoms in total. The van der Waals surface area contributed by atoms with Gasteiger partial charge in [0.05, 0.1) is 23.5 Å². The quantitative estimate of drug-likeness (QED) is 0.458. The van der Waals surface area contributed by atoms with Gasteiger partial charge in [-0.1, -0.05) is 24.3 Å². The average molecular weight is 365 g/mol. The van der Waals surface area contributed by atoms with Crippen LogP contribution in [0.4, 0.5) is 4.79 Å². The van der Waals surface area contributed by atoms with Gasteiger partial charge in [-0.2, -0.15) is 0 Å². The molecule has 0 unspecified atom stereocenters. The first-order chi connectivity index (χ1) is 12.8. The van der Waals surface area contributed by atoms with E-state index in [0.29, 0.717) is 38.5 Å². The van der Waals surface area contributed by atoms with Gasteiger partial charge in [-0.05, 0) is 39.0 Å². The van der Waals surface area contributed by atoms with Gasteiger partial charge in [-0.15, -0.1) is 0 Å². The van der Waals surface area contributed by atoms with Crippen LogP contribution in [0.15, 0.2) is 51.7 Å². The first-order valence-corrected chi connectivity index (χ1v) is 8.58. The molecule has 0 fully saturated rings. The van der Waals surface area contributed by atoms with Gasteiger partial charge in [0.15, 0.2) is 11.3 Å². The number of rotatable bonds is 1. The maximum Gasteiger partial charge on any atom is 0.419 e. The van der Waals surface area contributed by atoms with E-state index >= 15 is 0 Å². The van der Waals surface area contributed by atoms with Crippen LogP contribution in [0.5, 0.6) is 5.75 Å². The molecule has 2 aromatic carbocycles. The molecule has 0 saturated carbocycles. The van der Waals surface area contributed by atoms with Gasteiger partial charge in [0.1, 0.15) is 5.60 Å². The molecule has 4 rings (SSSR count). The molecule has 0 N–H and O–H groups in total. The Morgan fingerprint density at radius 2 is 1.74 bits per heavy atom. The van der Waals surface area contributed by atoms with Crippen LogP contribution in [0, 0.1) is 0 Å². The fourth-order valence-electron chi connectivity index (χ4n) is 3.31. The highest BCUT2D eigenvalue weighted by Crippen LogP contribution is 2.35. The molecule has 4 aromatic rings. The highest BCUT2D eigenvalue weighted by atomic mass is 16.6. The molecule has 0 spiro atoms. The van der Waals surface area contributed by atoms with Gasteiger partial charge in [0, 0.05) is 10.8 Å². The van der Waals surface area contributed by atoms with Crippen LogP contribution < -0.4 is 10.4 Å². The third-order valence-corrected chi connectivity index (χ3v) is 4.30. The van der Waals surface area contributed by atoms with Crippen LogP contribution >= 0.6 is 0 Å². The third kappa shape index (κ3) is 2.65. The number of benzene rings is 2. The smallest absolute Gasteiger partial charge is 0.419 e. The number of hydrogen-bond acceptors (Lipinski definition) is 5. The molecule has 0 aliphatic heterocycles. The van der Waals surface area contributed by atoms with Crippen molar-refractivity contribution in [3.63, 3.8) is 0 Å². The van der Waals surface area contributed by atoms with Gasteiger partial charge in [0.25, 0.3) is 0 Å². The van der Waals surface area contributed by atoms with E-state index < -0.39 is 17.3 Å². The van der Waals surface area contributed by atoms with Crippen molar-refractivity contribution in [2.24, 2.45) is 0 Å². The SMILES string of the molecule is COc1cccc2c1oc(=O)c1c3ccccc3n(C(=O)OC(C)(C)C)c21. The number of aromatic nitrogens is 1. The normalized spacial score (nSPS) is 12.0. The van der Waals surface area contributed by atoms with Crippen LogP contribution in [0.1, 0.15) is 20.8 Å². The summed E-state index contributed by atoms with van der Waals surface area (Å²) in [5, 5.41) is 1.58. The second kappa shape index (κ2) is 5.87. The standard InChI is InChI=1S/C21H19NO5/c1-21(2,3)27-20(24)22-14-10-6-5-8-12(14)16-17(22)13-9-7-11-15(25-4)18(13)26-19(16)23/h5-11H,1-4H3. The minimum absolute atomic E-state index is 0.296. The van der Waals surface area contributed by atoms with E-state index in [1.54, 1.807) is 51.1 Å². The zero-order chi connectivity index (χ0) is 19.3. The monoisotopic (exact) mass is 365 g/mol. The number of carbonyl (C=O) groups excluding carboxylic acids is 1. The largest absolute Gasteiger partial charge is 0.493 e. The molecule has 0 saturated heterocycles. The highest BCUT2D eigenvalue weighted by molar-refractivity contribution is 6.19. The average Bonchev–Trinajstić information content (AvgIpc) is 2.96. The van der Waals surface area contributed by atoms with Crippen molar-refractivity contribution >= 4 is 38.9 Å². The van der Waals surface area contributed by atoms with E-state index in [9.17, 15) is 9.59 Å². The summed E-state index contributed by atoms with van der Waals surface area (Å²) < 4.78 is 17.9. The molecule has 0 aliphatic rings. The van der Waals surface area contributed by atoms with E-state index in [0.717, 1.165) is 0 Å². The molecule has 0 amide bonds. The van der Waals surface area contributed by atoms with Crippen LogP contribution in [0.2, 0.25) is 0 Å². The number of carbonyl (C=O) groups is 1. The topological polar surface area (TPSA) is 70.7 Å². The molecular formula is C21H19NO5. The summed E-state index contributed by atoms with van der Waals surface area (Å²) in [5.74, 6) is 0.424. The maximum atomic E-state index is 13.0. The molecular weight excluding hydrogens is 346 g/mol. The first-order valence-electron chi connectivity index (χ1n) is 8.58. The summed E-state index contributed by atoms with van der Waals surface area (Å²) in [4.78, 5) is 25.8. The van der Waals surface area contributed by atoms with E-state index in [-0.39, 0.29) is 0 Å². The van der Waals surface area contributed by atoms with Crippen molar-refractivity contribution < 1.29 is 18.7 Å². The summed E-state index contributed by atoms with van der Waals surface area (Å²) in [6, 6.07) is 12.5. The molecule has 0 atom stereocenters. The van der Waals surface area contributed by atoms with Gasteiger partial charge in [0.2, 0.25) is 0 Å². The molecule has 0 radical (unpaired) electrons. The number of methoxy groups -OCH3 is 1. The van der Waals surface area contributed by atoms with Crippen molar-refractivity contribution in [3.05, 3.63) is 52.9 Å². The van der Waals surface area contributed by atoms with Crippen molar-refractivity contribution in [3.8, 4) is 5.75 Å². The second-order valence-electron chi connectivity index (χ2n) is 7.28. The summed E-state index contributed by atoms with van der Waals surface area (Å²) in [6.45, 7) is 5.40. The molecule has 0 bridgehead atoms. The lowest BCUT2D eigenvalue weighted by Gasteiger charge is -2.20. The number of hydrogen-bond donors (Lipinski definition) is 0. The number of para-hydroxylation sites is 2. The van der Waals surface area contributed by atoms with Crippen molar-refractivity contribution in [2.75, 3.05) is 7.11 Å². The Hall–Kier alpha value is -3.28. The lowest BCUT2D eigenvalue weighted by molar-refractivity contribution is 0.0551. The predicted octanol–water partition coefficient (Wildman–Crippen LogP) is 4.69. The summed E-state index contributed by atoms with van der Waals surface area (Å²) >= 11 is 0. The summed E-state index contributed by atoms with van der Waals surface area (Å²) in [5.41, 5.74) is 0.132. The minimum atomic E-state index is -0.679. The Kier molecular flexibility index (Phi) is 3.73. The summed E-state index contributed by atoms with van der Waals surface area (Å²) in [6.07, 6.45) is -0.552. The lowest BCUT2D eigenvalue weighted by Crippen LogP contribution is -2.27. The van der Waals surface area contributed by atoms with Gasteiger partial charge in [-0.25, -0.2) is 14.2 Å². The van der Waals surface area contributed by atoms with Gasteiger partial charge < -0.3 is 13.9 Å². The van der Waals surface area contributed by atoms with Crippen molar-refractivity contribution in [1.29, 1.82) is 0 Å². The predicted molar refractivity (Wildman–Crippen MR) is 104 cm³/mol. The van der Waals surface area contributed by atoms with Gasteiger partial charge in [-0.3, -0.25) is 0 Å². The van der Waals surface area contributed by atoms with Crippen LogP contribution in [0.25, 0.3) is 32.8 Å². The fraction of sp³-hybridized carbons (Fsp3) is 0.238. The van der Waals surface area contributed by atoms with Crippen LogP contribution in [-0.2, 0) is 4.74 Å². The highest BCUT2D eigenvalue weighted by Gasteiger charge is 2.26. The van der Waals surface area contributed by atoms with Crippen molar-refractivity contribution in [2.45, 2.75) is 26.4 Å². The Morgan fingerprint density at radius 1 is 1.04 bits per heavy atom. The number of nitrogens with zero attached hydrogens (tertiary/aromatic N) is 1. The Bertz CT molecular complexity index is 1260. The maximum absolute atomic E-state index is 13.0. The molecule has 27 heavy (non-hydrogen) atoms. The minimum Gasteiger partial charge on any atom is -0.493 e. The third-order valence-electron chi connectivity index (χ3n) is 4.30. The van der Waals surface area contributed by atoms with Crippen molar-refractivity contribution in [1.82, 2.24) is 4.57 Å². The Morgan fingerprint density at radius 3 is 2.44 bits per heavy atom. The van der Waals surface area contributed by atoms with Crippen LogP contribution in [-0.4, -0.2) is 23.4 Å². The Balaban J connectivity index is 2.23. The van der Waals surface area contributed by atoms with E-state index in [4.69, 9.17) is 13.9 Å². The zero-order valence-corrected chi connectivity index (χ0v) is 15.5. The lowest BCUT2D eigenvalue weighted by atomic mass is 10.1. The van der Waals surface area contributed by atoms with E-state index in [2.05, 4.69) is 0 Å². The Labute approximate surface area is 154 Å². The molecule has 0 aliphatic carbocycles. The van der Waals surface area contributed by atoms with Crippen LogP contribution in [0.3, 0.4) is 0 Å². The molecule has 2 aromatic heterocycles. The number of ether oxygens (including phenoxy) is 2. The van der Waals surface area contributed by atoms with E-state index in [1.807, 2.05) is 12.1 Å². The second-order valence-corrected chi connectivity index (χ2v) is 7.28. The molecule has 6 heteroatoms.